The Hall–Kier alpha value is -0.490. The zero-order valence-electron chi connectivity index (χ0n) is 11.8. The molecule has 0 spiro atoms. The lowest BCUT2D eigenvalue weighted by Crippen LogP contribution is -2.37. The van der Waals surface area contributed by atoms with Crippen molar-refractivity contribution in [3.63, 3.8) is 0 Å². The second-order valence-corrected chi connectivity index (χ2v) is 6.29. The largest absolute Gasteiger partial charge is 0.394 e. The number of hydrogen-bond acceptors (Lipinski definition) is 5. The van der Waals surface area contributed by atoms with Crippen LogP contribution in [0.2, 0.25) is 0 Å². The van der Waals surface area contributed by atoms with E-state index in [-0.39, 0.29) is 6.61 Å². The van der Waals surface area contributed by atoms with E-state index in [0.29, 0.717) is 18.6 Å². The number of aliphatic hydroxyl groups is 1. The van der Waals surface area contributed by atoms with Crippen molar-refractivity contribution in [1.29, 1.82) is 0 Å². The van der Waals surface area contributed by atoms with Gasteiger partial charge in [-0.3, -0.25) is 4.90 Å². The Morgan fingerprint density at radius 2 is 2.21 bits per heavy atom. The molecule has 0 amide bonds. The van der Waals surface area contributed by atoms with Gasteiger partial charge in [-0.15, -0.1) is 11.3 Å². The first-order chi connectivity index (χ1) is 9.19. The molecule has 0 atom stereocenters. The van der Waals surface area contributed by atoms with Gasteiger partial charge in [0.25, 0.3) is 0 Å². The third-order valence-corrected chi connectivity index (χ3v) is 4.62. The summed E-state index contributed by atoms with van der Waals surface area (Å²) in [4.78, 5) is 7.13. The van der Waals surface area contributed by atoms with Gasteiger partial charge in [-0.2, -0.15) is 0 Å². The third-order valence-electron chi connectivity index (χ3n) is 3.43. The summed E-state index contributed by atoms with van der Waals surface area (Å²) in [6.45, 7) is 8.04. The molecule has 0 aliphatic carbocycles. The summed E-state index contributed by atoms with van der Waals surface area (Å²) in [7, 11) is 0. The van der Waals surface area contributed by atoms with Crippen molar-refractivity contribution in [1.82, 2.24) is 9.88 Å². The average Bonchev–Trinajstić information content (AvgIpc) is 2.87. The maximum atomic E-state index is 8.75. The molecule has 1 aromatic heterocycles. The summed E-state index contributed by atoms with van der Waals surface area (Å²) in [5.41, 5.74) is 1.20. The fourth-order valence-electron chi connectivity index (χ4n) is 2.34. The summed E-state index contributed by atoms with van der Waals surface area (Å²) in [6, 6.07) is 0. The van der Waals surface area contributed by atoms with Crippen LogP contribution in [0.15, 0.2) is 5.38 Å². The van der Waals surface area contributed by atoms with E-state index in [1.807, 2.05) is 0 Å². The van der Waals surface area contributed by atoms with Crippen LogP contribution in [0, 0.1) is 0 Å². The molecule has 0 bridgehead atoms. The lowest BCUT2D eigenvalue weighted by atomic mass is 10.1. The molecule has 108 valence electrons. The smallest absolute Gasteiger partial charge is 0.0954 e. The second kappa shape index (κ2) is 7.33. The van der Waals surface area contributed by atoms with Crippen molar-refractivity contribution in [2.45, 2.75) is 45.3 Å². The fraction of sp³-hybridized carbons (Fsp3) is 0.786. The average molecular weight is 284 g/mol. The van der Waals surface area contributed by atoms with Crippen LogP contribution in [-0.4, -0.2) is 47.4 Å². The van der Waals surface area contributed by atoms with Crippen LogP contribution in [0.1, 0.15) is 43.3 Å². The first-order valence-electron chi connectivity index (χ1n) is 7.08. The third kappa shape index (κ3) is 4.53. The molecule has 4 nitrogen and oxygen atoms in total. The monoisotopic (exact) mass is 284 g/mol. The molecule has 0 saturated carbocycles. The van der Waals surface area contributed by atoms with Gasteiger partial charge in [-0.25, -0.2) is 4.98 Å². The first-order valence-corrected chi connectivity index (χ1v) is 7.96. The van der Waals surface area contributed by atoms with Crippen LogP contribution in [0.4, 0.5) is 0 Å². The number of aliphatic hydroxyl groups excluding tert-OH is 1. The van der Waals surface area contributed by atoms with E-state index in [0.717, 1.165) is 32.5 Å². The highest BCUT2D eigenvalue weighted by Crippen LogP contribution is 2.21. The van der Waals surface area contributed by atoms with E-state index in [4.69, 9.17) is 9.84 Å². The minimum atomic E-state index is 0.122. The van der Waals surface area contributed by atoms with Crippen LogP contribution >= 0.6 is 11.3 Å². The van der Waals surface area contributed by atoms with E-state index in [1.54, 1.807) is 11.3 Å². The van der Waals surface area contributed by atoms with E-state index in [9.17, 15) is 0 Å². The topological polar surface area (TPSA) is 45.6 Å². The van der Waals surface area contributed by atoms with Crippen LogP contribution in [0.3, 0.4) is 0 Å². The fourth-order valence-corrected chi connectivity index (χ4v) is 3.17. The zero-order valence-corrected chi connectivity index (χ0v) is 12.7. The van der Waals surface area contributed by atoms with Crippen LogP contribution in [0.25, 0.3) is 0 Å². The highest BCUT2D eigenvalue weighted by atomic mass is 32.1. The van der Waals surface area contributed by atoms with Crippen molar-refractivity contribution in [2.24, 2.45) is 0 Å². The summed E-state index contributed by atoms with van der Waals surface area (Å²) in [5, 5.41) is 12.2. The SMILES string of the molecule is CC(C)c1nc(CN2CCC(OCCO)CC2)cs1. The number of hydrogen-bond donors (Lipinski definition) is 1. The van der Waals surface area contributed by atoms with E-state index in [2.05, 4.69) is 29.1 Å². The standard InChI is InChI=1S/C14H24N2O2S/c1-11(2)14-15-12(10-19-14)9-16-5-3-13(4-6-16)18-8-7-17/h10-11,13,17H,3-9H2,1-2H3. The first kappa shape index (κ1) is 14.9. The van der Waals surface area contributed by atoms with Crippen LogP contribution < -0.4 is 0 Å². The van der Waals surface area contributed by atoms with Gasteiger partial charge in [0.15, 0.2) is 0 Å². The molecule has 1 aromatic rings. The predicted molar refractivity (Wildman–Crippen MR) is 77.5 cm³/mol. The quantitative estimate of drug-likeness (QED) is 0.870. The van der Waals surface area contributed by atoms with E-state index in [1.165, 1.54) is 10.7 Å². The van der Waals surface area contributed by atoms with Gasteiger partial charge in [-0.05, 0) is 12.8 Å². The maximum Gasteiger partial charge on any atom is 0.0954 e. The molecule has 1 aliphatic rings. The summed E-state index contributed by atoms with van der Waals surface area (Å²) in [5.74, 6) is 0.524. The molecule has 1 saturated heterocycles. The van der Waals surface area contributed by atoms with Gasteiger partial charge in [0, 0.05) is 30.9 Å². The number of nitrogens with zero attached hydrogens (tertiary/aromatic N) is 2. The Kier molecular flexibility index (Phi) is 5.76. The van der Waals surface area contributed by atoms with E-state index >= 15 is 0 Å². The lowest BCUT2D eigenvalue weighted by Gasteiger charge is -2.31. The molecule has 0 aromatic carbocycles. The highest BCUT2D eigenvalue weighted by molar-refractivity contribution is 7.09. The van der Waals surface area contributed by atoms with E-state index < -0.39 is 0 Å². The van der Waals surface area contributed by atoms with Crippen molar-refractivity contribution >= 4 is 11.3 Å². The van der Waals surface area contributed by atoms with Crippen molar-refractivity contribution < 1.29 is 9.84 Å². The molecule has 19 heavy (non-hydrogen) atoms. The number of thiazole rings is 1. The molecule has 0 radical (unpaired) electrons. The van der Waals surface area contributed by atoms with Crippen LogP contribution in [-0.2, 0) is 11.3 Å². The number of ether oxygens (including phenoxy) is 1. The Bertz CT molecular complexity index is 373. The lowest BCUT2D eigenvalue weighted by molar-refractivity contribution is -0.00917. The molecule has 1 fully saturated rings. The second-order valence-electron chi connectivity index (χ2n) is 5.40. The number of likely N-dealkylation sites (tertiary alicyclic amines) is 1. The van der Waals surface area contributed by atoms with Crippen molar-refractivity contribution in [3.05, 3.63) is 16.1 Å². The van der Waals surface area contributed by atoms with Gasteiger partial charge < -0.3 is 9.84 Å². The summed E-state index contributed by atoms with van der Waals surface area (Å²) in [6.07, 6.45) is 2.44. The highest BCUT2D eigenvalue weighted by Gasteiger charge is 2.20. The zero-order chi connectivity index (χ0) is 13.7. The maximum absolute atomic E-state index is 8.75. The Morgan fingerprint density at radius 1 is 1.47 bits per heavy atom. The normalized spacial score (nSPS) is 18.3. The number of aromatic nitrogens is 1. The van der Waals surface area contributed by atoms with Gasteiger partial charge in [0.05, 0.1) is 30.0 Å². The molecule has 5 heteroatoms. The molecule has 2 rings (SSSR count). The molecular weight excluding hydrogens is 260 g/mol. The molecule has 1 N–H and O–H groups in total. The Balaban J connectivity index is 1.75. The predicted octanol–water partition coefficient (Wildman–Crippen LogP) is 2.24. The molecular formula is C14H24N2O2S. The Labute approximate surface area is 119 Å². The van der Waals surface area contributed by atoms with Crippen molar-refractivity contribution in [2.75, 3.05) is 26.3 Å². The molecule has 1 aliphatic heterocycles. The van der Waals surface area contributed by atoms with Crippen molar-refractivity contribution in [3.8, 4) is 0 Å². The van der Waals surface area contributed by atoms with Gasteiger partial charge in [0.2, 0.25) is 0 Å². The minimum absolute atomic E-state index is 0.122. The van der Waals surface area contributed by atoms with Gasteiger partial charge in [0.1, 0.15) is 0 Å². The molecule has 0 unspecified atom stereocenters. The summed E-state index contributed by atoms with van der Waals surface area (Å²) >= 11 is 1.77. The number of piperidine rings is 1. The van der Waals surface area contributed by atoms with Gasteiger partial charge >= 0.3 is 0 Å². The Morgan fingerprint density at radius 3 is 2.79 bits per heavy atom. The number of rotatable bonds is 6. The van der Waals surface area contributed by atoms with Crippen LogP contribution in [0.5, 0.6) is 0 Å². The molecule has 2 heterocycles. The van der Waals surface area contributed by atoms with Gasteiger partial charge in [-0.1, -0.05) is 13.8 Å². The summed E-state index contributed by atoms with van der Waals surface area (Å²) < 4.78 is 5.58. The minimum Gasteiger partial charge on any atom is -0.394 e.